The number of benzene rings is 1. The molecule has 3 nitrogen and oxygen atoms in total. The van der Waals surface area contributed by atoms with Gasteiger partial charge in [-0.2, -0.15) is 0 Å². The minimum Gasteiger partial charge on any atom is -0.507 e. The van der Waals surface area contributed by atoms with Crippen molar-refractivity contribution in [3.63, 3.8) is 0 Å². The van der Waals surface area contributed by atoms with Crippen molar-refractivity contribution in [2.75, 3.05) is 6.61 Å². The van der Waals surface area contributed by atoms with Gasteiger partial charge >= 0.3 is 5.97 Å². The van der Waals surface area contributed by atoms with Crippen molar-refractivity contribution < 1.29 is 14.6 Å². The third kappa shape index (κ3) is 2.10. The van der Waals surface area contributed by atoms with Gasteiger partial charge in [0.05, 0.1) is 4.32 Å². The number of aliphatic hydroxyl groups is 1. The molecule has 0 radical (unpaired) electrons. The summed E-state index contributed by atoms with van der Waals surface area (Å²) < 4.78 is 4.55. The van der Waals surface area contributed by atoms with Gasteiger partial charge in [-0.1, -0.05) is 58.4 Å². The fourth-order valence-electron chi connectivity index (χ4n) is 2.48. The van der Waals surface area contributed by atoms with Crippen LogP contribution in [0.25, 0.3) is 11.3 Å². The van der Waals surface area contributed by atoms with Crippen LogP contribution in [0.2, 0.25) is 0 Å². The van der Waals surface area contributed by atoms with Crippen LogP contribution in [0.1, 0.15) is 18.1 Å². The van der Waals surface area contributed by atoms with Crippen molar-refractivity contribution in [1.29, 1.82) is 0 Å². The van der Waals surface area contributed by atoms with Crippen LogP contribution in [0.5, 0.6) is 0 Å². The molecule has 1 aromatic carbocycles. The standard InChI is InChI=1S/C16H13BrO3/c1-10(18)20-9-16(17)7-6-13-14(8-16)11-4-2-3-5-12(11)15(13)19/h2-8,19H,9H2,1H3. The van der Waals surface area contributed by atoms with Gasteiger partial charge in [0.1, 0.15) is 12.4 Å². The largest absolute Gasteiger partial charge is 0.507 e. The lowest BCUT2D eigenvalue weighted by molar-refractivity contribution is -0.141. The number of hydrogen-bond acceptors (Lipinski definition) is 3. The fourth-order valence-corrected chi connectivity index (χ4v) is 2.95. The molecule has 0 amide bonds. The van der Waals surface area contributed by atoms with Gasteiger partial charge in [-0.05, 0) is 11.1 Å². The molecule has 2 aliphatic rings. The van der Waals surface area contributed by atoms with E-state index in [-0.39, 0.29) is 12.6 Å². The quantitative estimate of drug-likeness (QED) is 0.664. The van der Waals surface area contributed by atoms with Gasteiger partial charge in [-0.3, -0.25) is 4.79 Å². The monoisotopic (exact) mass is 332 g/mol. The molecule has 4 heteroatoms. The van der Waals surface area contributed by atoms with Gasteiger partial charge < -0.3 is 9.84 Å². The predicted octanol–water partition coefficient (Wildman–Crippen LogP) is 3.62. The maximum absolute atomic E-state index is 11.0. The smallest absolute Gasteiger partial charge is 0.302 e. The van der Waals surface area contributed by atoms with Crippen LogP contribution < -0.4 is 0 Å². The number of esters is 1. The van der Waals surface area contributed by atoms with Crippen LogP contribution in [0.3, 0.4) is 0 Å². The second-order valence-corrected chi connectivity index (χ2v) is 6.38. The molecule has 20 heavy (non-hydrogen) atoms. The van der Waals surface area contributed by atoms with Crippen molar-refractivity contribution >= 4 is 33.2 Å². The topological polar surface area (TPSA) is 46.5 Å². The summed E-state index contributed by atoms with van der Waals surface area (Å²) in [5, 5.41) is 10.3. The number of halogens is 1. The molecule has 1 atom stereocenters. The van der Waals surface area contributed by atoms with E-state index in [9.17, 15) is 9.90 Å². The summed E-state index contributed by atoms with van der Waals surface area (Å²) in [5.41, 5.74) is 3.60. The number of fused-ring (bicyclic) bond motifs is 3. The first-order valence-corrected chi connectivity index (χ1v) is 7.07. The molecule has 1 N–H and O–H groups in total. The van der Waals surface area contributed by atoms with E-state index in [2.05, 4.69) is 15.9 Å². The summed E-state index contributed by atoms with van der Waals surface area (Å²) in [7, 11) is 0. The number of allylic oxidation sites excluding steroid dienone is 3. The maximum atomic E-state index is 11.0. The summed E-state index contributed by atoms with van der Waals surface area (Å²) in [4.78, 5) is 11.0. The Kier molecular flexibility index (Phi) is 3.05. The van der Waals surface area contributed by atoms with Crippen LogP contribution in [0.4, 0.5) is 0 Å². The Morgan fingerprint density at radius 3 is 2.75 bits per heavy atom. The Balaban J connectivity index is 2.02. The van der Waals surface area contributed by atoms with Crippen LogP contribution in [0.15, 0.2) is 48.1 Å². The van der Waals surface area contributed by atoms with Crippen molar-refractivity contribution in [2.24, 2.45) is 0 Å². The average Bonchev–Trinajstić information content (AvgIpc) is 2.70. The molecular weight excluding hydrogens is 320 g/mol. The summed E-state index contributed by atoms with van der Waals surface area (Å²) in [6, 6.07) is 7.71. The SMILES string of the molecule is CC(=O)OCC1(Br)C=CC2=C(O)c3ccccc3C2=C1. The average molecular weight is 333 g/mol. The molecule has 0 spiro atoms. The zero-order valence-electron chi connectivity index (χ0n) is 10.9. The van der Waals surface area contributed by atoms with Crippen molar-refractivity contribution in [3.05, 3.63) is 59.2 Å². The lowest BCUT2D eigenvalue weighted by Crippen LogP contribution is -2.25. The Labute approximate surface area is 125 Å². The first kappa shape index (κ1) is 13.2. The van der Waals surface area contributed by atoms with E-state index in [0.29, 0.717) is 5.76 Å². The highest BCUT2D eigenvalue weighted by Gasteiger charge is 2.33. The van der Waals surface area contributed by atoms with Gasteiger partial charge in [0.25, 0.3) is 0 Å². The van der Waals surface area contributed by atoms with E-state index >= 15 is 0 Å². The Bertz CT molecular complexity index is 685. The summed E-state index contributed by atoms with van der Waals surface area (Å²) in [6.45, 7) is 1.61. The first-order chi connectivity index (χ1) is 9.50. The number of carbonyl (C=O) groups is 1. The van der Waals surface area contributed by atoms with E-state index in [1.807, 2.05) is 42.5 Å². The number of hydrogen-bond donors (Lipinski definition) is 1. The number of ether oxygens (including phenoxy) is 1. The molecule has 3 rings (SSSR count). The van der Waals surface area contributed by atoms with Crippen molar-refractivity contribution in [2.45, 2.75) is 11.2 Å². The zero-order valence-corrected chi connectivity index (χ0v) is 12.5. The van der Waals surface area contributed by atoms with Crippen LogP contribution >= 0.6 is 15.9 Å². The summed E-state index contributed by atoms with van der Waals surface area (Å²) in [6.07, 6.45) is 5.73. The summed E-state index contributed by atoms with van der Waals surface area (Å²) in [5.74, 6) is -0.0169. The minimum absolute atomic E-state index is 0.221. The van der Waals surface area contributed by atoms with Crippen molar-refractivity contribution in [3.8, 4) is 0 Å². The van der Waals surface area contributed by atoms with E-state index in [4.69, 9.17) is 4.74 Å². The molecule has 0 saturated carbocycles. The van der Waals surface area contributed by atoms with E-state index in [1.165, 1.54) is 6.92 Å². The number of aliphatic hydroxyl groups excluding tert-OH is 1. The Hall–Kier alpha value is -1.81. The van der Waals surface area contributed by atoms with Crippen molar-refractivity contribution in [1.82, 2.24) is 0 Å². The highest BCUT2D eigenvalue weighted by atomic mass is 79.9. The lowest BCUT2D eigenvalue weighted by Gasteiger charge is -2.24. The highest BCUT2D eigenvalue weighted by Crippen LogP contribution is 2.45. The molecule has 1 aromatic rings. The Morgan fingerprint density at radius 2 is 2.05 bits per heavy atom. The fraction of sp³-hybridized carbons (Fsp3) is 0.188. The summed E-state index contributed by atoms with van der Waals surface area (Å²) >= 11 is 3.59. The molecule has 0 aliphatic heterocycles. The first-order valence-electron chi connectivity index (χ1n) is 6.28. The normalized spacial score (nSPS) is 23.2. The molecule has 0 aromatic heterocycles. The molecule has 0 bridgehead atoms. The third-order valence-electron chi connectivity index (χ3n) is 3.43. The van der Waals surface area contributed by atoms with Gasteiger partial charge in [0.15, 0.2) is 0 Å². The second kappa shape index (κ2) is 4.63. The van der Waals surface area contributed by atoms with Gasteiger partial charge in [0, 0.05) is 18.1 Å². The van der Waals surface area contributed by atoms with Gasteiger partial charge in [-0.15, -0.1) is 0 Å². The Morgan fingerprint density at radius 1 is 1.35 bits per heavy atom. The lowest BCUT2D eigenvalue weighted by atomic mass is 9.92. The zero-order chi connectivity index (χ0) is 14.3. The van der Waals surface area contributed by atoms with E-state index < -0.39 is 4.32 Å². The number of carbonyl (C=O) groups excluding carboxylic acids is 1. The van der Waals surface area contributed by atoms with Crippen LogP contribution in [0, 0.1) is 0 Å². The maximum Gasteiger partial charge on any atom is 0.302 e. The van der Waals surface area contributed by atoms with E-state index in [1.54, 1.807) is 0 Å². The molecule has 0 heterocycles. The molecule has 0 fully saturated rings. The van der Waals surface area contributed by atoms with Crippen LogP contribution in [-0.2, 0) is 9.53 Å². The molecule has 2 aliphatic carbocycles. The number of alkyl halides is 1. The van der Waals surface area contributed by atoms with Crippen LogP contribution in [-0.4, -0.2) is 22.0 Å². The second-order valence-electron chi connectivity index (χ2n) is 4.91. The van der Waals surface area contributed by atoms with E-state index in [0.717, 1.165) is 22.3 Å². The van der Waals surface area contributed by atoms with Gasteiger partial charge in [-0.25, -0.2) is 0 Å². The predicted molar refractivity (Wildman–Crippen MR) is 81.4 cm³/mol. The third-order valence-corrected chi connectivity index (χ3v) is 4.15. The number of rotatable bonds is 2. The molecular formula is C16H13BrO3. The molecule has 0 saturated heterocycles. The van der Waals surface area contributed by atoms with Gasteiger partial charge in [0.2, 0.25) is 0 Å². The molecule has 102 valence electrons. The highest BCUT2D eigenvalue weighted by molar-refractivity contribution is 9.10. The molecule has 1 unspecified atom stereocenters. The minimum atomic E-state index is -0.533.